The lowest BCUT2D eigenvalue weighted by atomic mass is 10.2. The summed E-state index contributed by atoms with van der Waals surface area (Å²) in [6.45, 7) is 3.48. The Morgan fingerprint density at radius 2 is 1.85 bits per heavy atom. The van der Waals surface area contributed by atoms with Crippen LogP contribution in [0.4, 0.5) is 11.4 Å². The number of hydrogen-bond donors (Lipinski definition) is 1. The van der Waals surface area contributed by atoms with Crippen molar-refractivity contribution in [3.05, 3.63) is 40.6 Å². The Morgan fingerprint density at radius 3 is 2.56 bits per heavy atom. The van der Waals surface area contributed by atoms with Crippen molar-refractivity contribution in [3.8, 4) is 5.75 Å². The fourth-order valence-electron chi connectivity index (χ4n) is 3.09. The summed E-state index contributed by atoms with van der Waals surface area (Å²) in [5.41, 5.74) is 1.58. The van der Waals surface area contributed by atoms with Crippen molar-refractivity contribution in [1.29, 1.82) is 0 Å². The molecule has 27 heavy (non-hydrogen) atoms. The maximum Gasteiger partial charge on any atom is 0.350 e. The highest BCUT2D eigenvalue weighted by atomic mass is 32.1. The number of nitrogens with one attached hydrogen (secondary N) is 1. The summed E-state index contributed by atoms with van der Waals surface area (Å²) in [4.78, 5) is 28.8. The van der Waals surface area contributed by atoms with Crippen molar-refractivity contribution in [3.63, 3.8) is 0 Å². The van der Waals surface area contributed by atoms with Crippen molar-refractivity contribution in [1.82, 2.24) is 4.90 Å². The highest BCUT2D eigenvalue weighted by molar-refractivity contribution is 7.12. The highest BCUT2D eigenvalue weighted by Gasteiger charge is 2.22. The number of para-hydroxylation sites is 2. The lowest BCUT2D eigenvalue weighted by Crippen LogP contribution is -2.48. The van der Waals surface area contributed by atoms with E-state index in [2.05, 4.69) is 15.1 Å². The summed E-state index contributed by atoms with van der Waals surface area (Å²) in [7, 11) is 3.00. The quantitative estimate of drug-likeness (QED) is 0.765. The van der Waals surface area contributed by atoms with Gasteiger partial charge in [0.1, 0.15) is 10.6 Å². The van der Waals surface area contributed by atoms with Crippen molar-refractivity contribution in [2.45, 2.75) is 0 Å². The lowest BCUT2D eigenvalue weighted by Gasteiger charge is -2.36. The van der Waals surface area contributed by atoms with Crippen LogP contribution in [0.15, 0.2) is 35.7 Å². The predicted molar refractivity (Wildman–Crippen MR) is 106 cm³/mol. The summed E-state index contributed by atoms with van der Waals surface area (Å²) in [6.07, 6.45) is 0. The first-order valence-corrected chi connectivity index (χ1v) is 9.56. The lowest BCUT2D eigenvalue weighted by molar-refractivity contribution is -0.117. The third-order valence-electron chi connectivity index (χ3n) is 4.48. The molecule has 0 atom stereocenters. The summed E-state index contributed by atoms with van der Waals surface area (Å²) >= 11 is 1.25. The number of ether oxygens (including phenoxy) is 2. The number of methoxy groups -OCH3 is 2. The van der Waals surface area contributed by atoms with Crippen LogP contribution in [0, 0.1) is 0 Å². The average molecular weight is 389 g/mol. The summed E-state index contributed by atoms with van der Waals surface area (Å²) in [5, 5.41) is 4.57. The standard InChI is InChI=1S/C19H23N3O4S/c1-25-16-6-4-3-5-15(16)22-10-8-21(9-11-22)13-17(23)20-14-7-12-27-18(14)19(24)26-2/h3-7,12H,8-11,13H2,1-2H3,(H,20,23). The molecule has 1 amide bonds. The number of rotatable bonds is 6. The minimum absolute atomic E-state index is 0.135. The Labute approximate surface area is 162 Å². The molecule has 1 aromatic carbocycles. The van der Waals surface area contributed by atoms with E-state index in [1.54, 1.807) is 18.6 Å². The van der Waals surface area contributed by atoms with E-state index < -0.39 is 5.97 Å². The van der Waals surface area contributed by atoms with Crippen molar-refractivity contribution >= 4 is 34.6 Å². The number of piperazine rings is 1. The van der Waals surface area contributed by atoms with E-state index in [0.29, 0.717) is 10.6 Å². The van der Waals surface area contributed by atoms with Gasteiger partial charge in [-0.1, -0.05) is 12.1 Å². The first-order valence-electron chi connectivity index (χ1n) is 8.68. The van der Waals surface area contributed by atoms with Crippen LogP contribution in [0.25, 0.3) is 0 Å². The van der Waals surface area contributed by atoms with Crippen LogP contribution in [0.5, 0.6) is 5.75 Å². The third kappa shape index (κ3) is 4.58. The van der Waals surface area contributed by atoms with E-state index in [1.165, 1.54) is 18.4 Å². The smallest absolute Gasteiger partial charge is 0.350 e. The van der Waals surface area contributed by atoms with Gasteiger partial charge in [-0.05, 0) is 23.6 Å². The Kier molecular flexibility index (Phi) is 6.31. The number of esters is 1. The largest absolute Gasteiger partial charge is 0.495 e. The normalized spacial score (nSPS) is 14.7. The zero-order chi connectivity index (χ0) is 19.2. The number of benzene rings is 1. The Morgan fingerprint density at radius 1 is 1.11 bits per heavy atom. The van der Waals surface area contributed by atoms with Crippen LogP contribution >= 0.6 is 11.3 Å². The van der Waals surface area contributed by atoms with Crippen LogP contribution in [0.1, 0.15) is 9.67 Å². The van der Waals surface area contributed by atoms with Crippen molar-refractivity contribution in [2.75, 3.05) is 57.2 Å². The molecular weight excluding hydrogens is 366 g/mol. The maximum absolute atomic E-state index is 12.4. The number of hydrogen-bond acceptors (Lipinski definition) is 7. The molecule has 7 nitrogen and oxygen atoms in total. The van der Waals surface area contributed by atoms with Gasteiger partial charge in [0.05, 0.1) is 32.1 Å². The minimum atomic E-state index is -0.439. The van der Waals surface area contributed by atoms with Crippen LogP contribution in [0.2, 0.25) is 0 Å². The molecule has 1 saturated heterocycles. The van der Waals surface area contributed by atoms with Crippen molar-refractivity contribution in [2.24, 2.45) is 0 Å². The van der Waals surface area contributed by atoms with Gasteiger partial charge in [-0.3, -0.25) is 9.69 Å². The number of carbonyl (C=O) groups excluding carboxylic acids is 2. The number of carbonyl (C=O) groups is 2. The van der Waals surface area contributed by atoms with Gasteiger partial charge >= 0.3 is 5.97 Å². The Hall–Kier alpha value is -2.58. The molecule has 0 unspecified atom stereocenters. The zero-order valence-corrected chi connectivity index (χ0v) is 16.3. The second kappa shape index (κ2) is 8.88. The third-order valence-corrected chi connectivity index (χ3v) is 5.37. The van der Waals surface area contributed by atoms with Crippen LogP contribution in [-0.2, 0) is 9.53 Å². The minimum Gasteiger partial charge on any atom is -0.495 e. The summed E-state index contributed by atoms with van der Waals surface area (Å²) < 4.78 is 10.2. The first-order chi connectivity index (χ1) is 13.1. The van der Waals surface area contributed by atoms with Gasteiger partial charge in [-0.2, -0.15) is 0 Å². The van der Waals surface area contributed by atoms with E-state index in [4.69, 9.17) is 9.47 Å². The molecule has 3 rings (SSSR count). The molecule has 1 fully saturated rings. The molecule has 2 heterocycles. The zero-order valence-electron chi connectivity index (χ0n) is 15.4. The van der Waals surface area contributed by atoms with E-state index in [1.807, 2.05) is 24.3 Å². The van der Waals surface area contributed by atoms with E-state index in [9.17, 15) is 9.59 Å². The van der Waals surface area contributed by atoms with Gasteiger partial charge in [0.15, 0.2) is 0 Å². The van der Waals surface area contributed by atoms with Crippen LogP contribution in [0.3, 0.4) is 0 Å². The number of amides is 1. The Bertz CT molecular complexity index is 800. The van der Waals surface area contributed by atoms with Gasteiger partial charge in [0.2, 0.25) is 5.91 Å². The molecule has 1 aliphatic rings. The van der Waals surface area contributed by atoms with E-state index >= 15 is 0 Å². The van der Waals surface area contributed by atoms with Crippen molar-refractivity contribution < 1.29 is 19.1 Å². The predicted octanol–water partition coefficient (Wildman–Crippen LogP) is 2.30. The second-order valence-electron chi connectivity index (χ2n) is 6.14. The van der Waals surface area contributed by atoms with Crippen LogP contribution < -0.4 is 15.0 Å². The molecule has 0 radical (unpaired) electrons. The number of nitrogens with zero attached hydrogens (tertiary/aromatic N) is 2. The van der Waals surface area contributed by atoms with Crippen LogP contribution in [-0.4, -0.2) is 63.7 Å². The average Bonchev–Trinajstić information content (AvgIpc) is 3.15. The molecule has 2 aromatic rings. The SMILES string of the molecule is COC(=O)c1sccc1NC(=O)CN1CCN(c2ccccc2OC)CC1. The molecule has 0 bridgehead atoms. The molecule has 0 aliphatic carbocycles. The van der Waals surface area contributed by atoms with Gasteiger partial charge in [-0.25, -0.2) is 4.79 Å². The van der Waals surface area contributed by atoms with E-state index in [-0.39, 0.29) is 12.5 Å². The summed E-state index contributed by atoms with van der Waals surface area (Å²) in [6, 6.07) is 9.67. The number of anilines is 2. The maximum atomic E-state index is 12.4. The molecule has 144 valence electrons. The highest BCUT2D eigenvalue weighted by Crippen LogP contribution is 2.28. The van der Waals surface area contributed by atoms with Gasteiger partial charge < -0.3 is 19.7 Å². The molecule has 1 N–H and O–H groups in total. The van der Waals surface area contributed by atoms with Gasteiger partial charge in [-0.15, -0.1) is 11.3 Å². The molecule has 0 saturated carbocycles. The van der Waals surface area contributed by atoms with E-state index in [0.717, 1.165) is 37.6 Å². The molecular formula is C19H23N3O4S. The Balaban J connectivity index is 1.53. The fraction of sp³-hybridized carbons (Fsp3) is 0.368. The molecule has 1 aliphatic heterocycles. The number of thiophene rings is 1. The first kappa shape index (κ1) is 19.2. The molecule has 0 spiro atoms. The fourth-order valence-corrected chi connectivity index (χ4v) is 3.86. The van der Waals surface area contributed by atoms with Gasteiger partial charge in [0.25, 0.3) is 0 Å². The second-order valence-corrected chi connectivity index (χ2v) is 7.05. The molecule has 8 heteroatoms. The monoisotopic (exact) mass is 389 g/mol. The molecule has 1 aromatic heterocycles. The summed E-state index contributed by atoms with van der Waals surface area (Å²) in [5.74, 6) is 0.284. The van der Waals surface area contributed by atoms with Gasteiger partial charge in [0, 0.05) is 26.2 Å². The topological polar surface area (TPSA) is 71.1 Å².